The van der Waals surface area contributed by atoms with Gasteiger partial charge in [0, 0.05) is 18.7 Å². The van der Waals surface area contributed by atoms with Crippen LogP contribution < -0.4 is 9.47 Å². The lowest BCUT2D eigenvalue weighted by atomic mass is 9.96. The Morgan fingerprint density at radius 2 is 2.22 bits per heavy atom. The Morgan fingerprint density at radius 1 is 1.39 bits per heavy atom. The molecule has 0 saturated heterocycles. The monoisotopic (exact) mass is 242 g/mol. The molecule has 0 radical (unpaired) electrons. The summed E-state index contributed by atoms with van der Waals surface area (Å²) in [6, 6.07) is 9.76. The summed E-state index contributed by atoms with van der Waals surface area (Å²) in [4.78, 5) is 11.0. The Labute approximate surface area is 105 Å². The molecule has 1 heterocycles. The number of carbonyl (C=O) groups is 1. The van der Waals surface area contributed by atoms with Crippen LogP contribution in [0.15, 0.2) is 30.3 Å². The summed E-state index contributed by atoms with van der Waals surface area (Å²) in [7, 11) is 0. The van der Waals surface area contributed by atoms with Gasteiger partial charge < -0.3 is 9.47 Å². The van der Waals surface area contributed by atoms with E-state index in [-0.39, 0.29) is 12.1 Å². The molecule has 1 aliphatic rings. The second kappa shape index (κ2) is 4.02. The molecule has 1 unspecified atom stereocenters. The van der Waals surface area contributed by atoms with Crippen molar-refractivity contribution in [1.82, 2.24) is 0 Å². The van der Waals surface area contributed by atoms with E-state index >= 15 is 0 Å². The van der Waals surface area contributed by atoms with Gasteiger partial charge in [0.2, 0.25) is 0 Å². The van der Waals surface area contributed by atoms with Gasteiger partial charge in [-0.3, -0.25) is 4.79 Å². The molecule has 1 aliphatic heterocycles. The minimum absolute atomic E-state index is 0.149. The average molecular weight is 242 g/mol. The van der Waals surface area contributed by atoms with Gasteiger partial charge in [-0.1, -0.05) is 12.1 Å². The third-order valence-corrected chi connectivity index (χ3v) is 3.09. The van der Waals surface area contributed by atoms with Crippen LogP contribution in [0, 0.1) is 0 Å². The fourth-order valence-electron chi connectivity index (χ4n) is 2.50. The molecule has 3 heteroatoms. The summed E-state index contributed by atoms with van der Waals surface area (Å²) in [5.74, 6) is 1.23. The fraction of sp³-hybridized carbons (Fsp3) is 0.267. The van der Waals surface area contributed by atoms with E-state index in [9.17, 15) is 4.79 Å². The van der Waals surface area contributed by atoms with Crippen LogP contribution in [0.4, 0.5) is 0 Å². The SMILES string of the molecule is CC(=O)Oc1cc2c3c(cccc3c1)OC(C)C2. The number of rotatable bonds is 1. The highest BCUT2D eigenvalue weighted by Gasteiger charge is 2.19. The van der Waals surface area contributed by atoms with Gasteiger partial charge in [0.15, 0.2) is 0 Å². The number of benzene rings is 2. The topological polar surface area (TPSA) is 35.5 Å². The third kappa shape index (κ3) is 1.82. The molecule has 92 valence electrons. The van der Waals surface area contributed by atoms with Crippen molar-refractivity contribution in [3.05, 3.63) is 35.9 Å². The van der Waals surface area contributed by atoms with Gasteiger partial charge in [-0.2, -0.15) is 0 Å². The summed E-state index contributed by atoms with van der Waals surface area (Å²) < 4.78 is 11.0. The van der Waals surface area contributed by atoms with E-state index in [4.69, 9.17) is 9.47 Å². The highest BCUT2D eigenvalue weighted by Crippen LogP contribution is 2.37. The molecular formula is C15H14O3. The van der Waals surface area contributed by atoms with Gasteiger partial charge in [-0.05, 0) is 36.1 Å². The van der Waals surface area contributed by atoms with Crippen LogP contribution in [0.3, 0.4) is 0 Å². The van der Waals surface area contributed by atoms with Gasteiger partial charge in [-0.25, -0.2) is 0 Å². The van der Waals surface area contributed by atoms with Crippen molar-refractivity contribution < 1.29 is 14.3 Å². The lowest BCUT2D eigenvalue weighted by Crippen LogP contribution is -2.19. The van der Waals surface area contributed by atoms with Crippen LogP contribution in [0.1, 0.15) is 19.4 Å². The van der Waals surface area contributed by atoms with E-state index in [1.54, 1.807) is 0 Å². The minimum Gasteiger partial charge on any atom is -0.490 e. The Morgan fingerprint density at radius 3 is 3.00 bits per heavy atom. The average Bonchev–Trinajstić information content (AvgIpc) is 2.27. The molecule has 2 aromatic carbocycles. The van der Waals surface area contributed by atoms with Crippen LogP contribution in [-0.2, 0) is 11.2 Å². The van der Waals surface area contributed by atoms with Crippen molar-refractivity contribution in [2.75, 3.05) is 0 Å². The van der Waals surface area contributed by atoms with Crippen LogP contribution >= 0.6 is 0 Å². The first kappa shape index (κ1) is 11.1. The van der Waals surface area contributed by atoms with Gasteiger partial charge >= 0.3 is 5.97 Å². The van der Waals surface area contributed by atoms with Crippen molar-refractivity contribution >= 4 is 16.7 Å². The van der Waals surface area contributed by atoms with Crippen LogP contribution in [0.2, 0.25) is 0 Å². The van der Waals surface area contributed by atoms with Crippen molar-refractivity contribution in [2.45, 2.75) is 26.4 Å². The molecule has 0 amide bonds. The maximum absolute atomic E-state index is 11.0. The Bertz CT molecular complexity index is 631. The zero-order valence-corrected chi connectivity index (χ0v) is 10.4. The fourth-order valence-corrected chi connectivity index (χ4v) is 2.50. The first-order valence-electron chi connectivity index (χ1n) is 6.04. The molecule has 1 atom stereocenters. The van der Waals surface area contributed by atoms with Gasteiger partial charge in [-0.15, -0.1) is 0 Å². The van der Waals surface area contributed by atoms with Crippen molar-refractivity contribution in [3.8, 4) is 11.5 Å². The predicted octanol–water partition coefficient (Wildman–Crippen LogP) is 3.09. The summed E-state index contributed by atoms with van der Waals surface area (Å²) in [6.45, 7) is 3.46. The Hall–Kier alpha value is -2.03. The first-order chi connectivity index (χ1) is 8.63. The van der Waals surface area contributed by atoms with Crippen LogP contribution in [0.25, 0.3) is 10.8 Å². The molecule has 0 bridgehead atoms. The Kier molecular flexibility index (Phi) is 2.47. The Balaban J connectivity index is 2.21. The highest BCUT2D eigenvalue weighted by molar-refractivity contribution is 5.93. The van der Waals surface area contributed by atoms with Crippen molar-refractivity contribution in [1.29, 1.82) is 0 Å². The molecule has 2 aromatic rings. The summed E-state index contributed by atoms with van der Waals surface area (Å²) >= 11 is 0. The molecule has 0 N–H and O–H groups in total. The van der Waals surface area contributed by atoms with E-state index in [2.05, 4.69) is 0 Å². The smallest absolute Gasteiger partial charge is 0.308 e. The summed E-state index contributed by atoms with van der Waals surface area (Å²) in [5.41, 5.74) is 1.18. The lowest BCUT2D eigenvalue weighted by molar-refractivity contribution is -0.131. The molecular weight excluding hydrogens is 228 g/mol. The number of hydrogen-bond donors (Lipinski definition) is 0. The zero-order valence-electron chi connectivity index (χ0n) is 10.4. The van der Waals surface area contributed by atoms with Gasteiger partial charge in [0.25, 0.3) is 0 Å². The van der Waals surface area contributed by atoms with Gasteiger partial charge in [0.05, 0.1) is 6.10 Å². The van der Waals surface area contributed by atoms with Crippen LogP contribution in [-0.4, -0.2) is 12.1 Å². The number of ether oxygens (including phenoxy) is 2. The molecule has 0 aromatic heterocycles. The lowest BCUT2D eigenvalue weighted by Gasteiger charge is -2.24. The minimum atomic E-state index is -0.294. The molecule has 0 fully saturated rings. The zero-order chi connectivity index (χ0) is 12.7. The third-order valence-electron chi connectivity index (χ3n) is 3.09. The maximum Gasteiger partial charge on any atom is 0.308 e. The van der Waals surface area contributed by atoms with E-state index in [0.717, 1.165) is 22.9 Å². The molecule has 0 aliphatic carbocycles. The maximum atomic E-state index is 11.0. The summed E-state index contributed by atoms with van der Waals surface area (Å²) in [6.07, 6.45) is 0.985. The molecule has 18 heavy (non-hydrogen) atoms. The molecule has 0 saturated carbocycles. The van der Waals surface area contributed by atoms with E-state index in [0.29, 0.717) is 5.75 Å². The van der Waals surface area contributed by atoms with Crippen LogP contribution in [0.5, 0.6) is 11.5 Å². The van der Waals surface area contributed by atoms with Crippen molar-refractivity contribution in [2.24, 2.45) is 0 Å². The largest absolute Gasteiger partial charge is 0.490 e. The normalized spacial score (nSPS) is 17.3. The number of carbonyl (C=O) groups excluding carboxylic acids is 1. The summed E-state index contributed by atoms with van der Waals surface area (Å²) in [5, 5.41) is 2.18. The second-order valence-electron chi connectivity index (χ2n) is 4.66. The van der Waals surface area contributed by atoms with E-state index in [1.807, 2.05) is 37.3 Å². The molecule has 0 spiro atoms. The van der Waals surface area contributed by atoms with Crippen molar-refractivity contribution in [3.63, 3.8) is 0 Å². The first-order valence-corrected chi connectivity index (χ1v) is 6.04. The highest BCUT2D eigenvalue weighted by atomic mass is 16.5. The number of hydrogen-bond acceptors (Lipinski definition) is 3. The molecule has 3 nitrogen and oxygen atoms in total. The van der Waals surface area contributed by atoms with Gasteiger partial charge in [0.1, 0.15) is 11.5 Å². The standard InChI is InChI=1S/C15H14O3/c1-9-6-12-8-13(18-10(2)16)7-11-4-3-5-14(17-9)15(11)12/h3-5,7-9H,6H2,1-2H3. The molecule has 3 rings (SSSR count). The van der Waals surface area contributed by atoms with E-state index < -0.39 is 0 Å². The van der Waals surface area contributed by atoms with E-state index in [1.165, 1.54) is 12.5 Å². The predicted molar refractivity (Wildman–Crippen MR) is 69.1 cm³/mol. The quantitative estimate of drug-likeness (QED) is 0.569. The number of esters is 1. The second-order valence-corrected chi connectivity index (χ2v) is 4.66.